The lowest BCUT2D eigenvalue weighted by molar-refractivity contribution is 0.478. The van der Waals surface area contributed by atoms with Crippen molar-refractivity contribution < 1.29 is 5.11 Å². The fourth-order valence-electron chi connectivity index (χ4n) is 0.664. The first kappa shape index (κ1) is 9.40. The molecule has 0 heterocycles. The number of hydrogen-bond acceptors (Lipinski definition) is 2. The van der Waals surface area contributed by atoms with Crippen molar-refractivity contribution in [1.82, 2.24) is 0 Å². The zero-order valence-corrected chi connectivity index (χ0v) is 7.82. The largest absolute Gasteiger partial charge is 0.500 e. The van der Waals surface area contributed by atoms with E-state index < -0.39 is 5.75 Å². The zero-order chi connectivity index (χ0) is 9.30. The lowest BCUT2D eigenvalue weighted by atomic mass is 10.3. The topological polar surface area (TPSA) is 48.4 Å². The van der Waals surface area contributed by atoms with E-state index >= 15 is 0 Å². The number of aromatic hydroxyl groups is 1. The van der Waals surface area contributed by atoms with E-state index in [1.54, 1.807) is 0 Å². The number of hydrogen-bond donors (Lipinski definition) is 1. The number of benzene rings is 1. The van der Waals surface area contributed by atoms with Crippen LogP contribution in [-0.2, 0) is 0 Å². The molecule has 6 heteroatoms. The smallest absolute Gasteiger partial charge is 0.447 e. The molecule has 0 spiro atoms. The molecular formula is C6H2Cl3N2O+. The molecule has 0 unspecified atom stereocenters. The first-order chi connectivity index (χ1) is 5.57. The third kappa shape index (κ3) is 1.42. The highest BCUT2D eigenvalue weighted by Crippen LogP contribution is 2.44. The summed E-state index contributed by atoms with van der Waals surface area (Å²) in [4.78, 5) is 2.74. The second-order valence-electron chi connectivity index (χ2n) is 1.95. The first-order valence-corrected chi connectivity index (χ1v) is 3.93. The van der Waals surface area contributed by atoms with Crippen molar-refractivity contribution in [3.63, 3.8) is 0 Å². The van der Waals surface area contributed by atoms with E-state index in [-0.39, 0.29) is 20.8 Å². The average molecular weight is 224 g/mol. The van der Waals surface area contributed by atoms with Crippen LogP contribution in [0, 0.1) is 5.39 Å². The summed E-state index contributed by atoms with van der Waals surface area (Å²) in [7, 11) is 0. The van der Waals surface area contributed by atoms with Crippen molar-refractivity contribution in [3.05, 3.63) is 26.1 Å². The molecule has 0 saturated carbocycles. The monoisotopic (exact) mass is 223 g/mol. The molecule has 0 aliphatic heterocycles. The predicted molar refractivity (Wildman–Crippen MR) is 47.9 cm³/mol. The minimum absolute atomic E-state index is 0.0165. The van der Waals surface area contributed by atoms with Crippen LogP contribution >= 0.6 is 34.8 Å². The second-order valence-corrected chi connectivity index (χ2v) is 3.14. The molecular weight excluding hydrogens is 222 g/mol. The molecule has 0 aromatic heterocycles. The Morgan fingerprint density at radius 3 is 2.33 bits per heavy atom. The molecule has 1 N–H and O–H groups in total. The van der Waals surface area contributed by atoms with Gasteiger partial charge in [-0.25, -0.2) is 0 Å². The lowest BCUT2D eigenvalue weighted by Crippen LogP contribution is -1.73. The SMILES string of the molecule is N#[N+]c1c(O)c(Cl)cc(Cl)c1Cl. The molecule has 0 aliphatic carbocycles. The zero-order valence-electron chi connectivity index (χ0n) is 5.55. The van der Waals surface area contributed by atoms with Gasteiger partial charge in [0.25, 0.3) is 0 Å². The standard InChI is InChI=1S/C6HCl3N2O/c7-2-1-3(8)6(12)5(11-10)4(2)9/h1H/p+1. The van der Waals surface area contributed by atoms with Crippen molar-refractivity contribution in [1.29, 1.82) is 5.39 Å². The van der Waals surface area contributed by atoms with Crippen molar-refractivity contribution in [3.8, 4) is 5.75 Å². The highest BCUT2D eigenvalue weighted by Gasteiger charge is 2.24. The Balaban J connectivity index is 3.56. The van der Waals surface area contributed by atoms with Crippen LogP contribution in [-0.4, -0.2) is 5.11 Å². The van der Waals surface area contributed by atoms with E-state index in [0.717, 1.165) is 0 Å². The van der Waals surface area contributed by atoms with E-state index in [2.05, 4.69) is 4.98 Å². The predicted octanol–water partition coefficient (Wildman–Crippen LogP) is 3.84. The summed E-state index contributed by atoms with van der Waals surface area (Å²) >= 11 is 16.6. The Hall–Kier alpha value is -0.690. The minimum Gasteiger partial charge on any atom is -0.500 e. The lowest BCUT2D eigenvalue weighted by Gasteiger charge is -1.95. The van der Waals surface area contributed by atoms with Gasteiger partial charge in [0.2, 0.25) is 11.1 Å². The molecule has 12 heavy (non-hydrogen) atoms. The summed E-state index contributed by atoms with van der Waals surface area (Å²) in [6.45, 7) is 0. The molecule has 0 atom stereocenters. The van der Waals surface area contributed by atoms with Crippen LogP contribution in [0.15, 0.2) is 6.07 Å². The van der Waals surface area contributed by atoms with Gasteiger partial charge in [0.05, 0.1) is 10.0 Å². The van der Waals surface area contributed by atoms with Gasteiger partial charge in [-0.3, -0.25) is 0 Å². The quantitative estimate of drug-likeness (QED) is 0.538. The second kappa shape index (κ2) is 3.36. The fraction of sp³-hybridized carbons (Fsp3) is 0. The number of nitrogens with zero attached hydrogens (tertiary/aromatic N) is 2. The van der Waals surface area contributed by atoms with Gasteiger partial charge in [-0.1, -0.05) is 34.8 Å². The van der Waals surface area contributed by atoms with Gasteiger partial charge in [0.15, 0.2) is 10.00 Å². The molecule has 0 fully saturated rings. The molecule has 0 amide bonds. The Labute approximate surface area is 83.1 Å². The fourth-order valence-corrected chi connectivity index (χ4v) is 1.30. The number of diazo groups is 1. The van der Waals surface area contributed by atoms with Crippen LogP contribution in [0.4, 0.5) is 5.69 Å². The number of rotatable bonds is 0. The number of phenols is 1. The van der Waals surface area contributed by atoms with Gasteiger partial charge in [-0.2, -0.15) is 0 Å². The Morgan fingerprint density at radius 2 is 1.83 bits per heavy atom. The Kier molecular flexibility index (Phi) is 2.63. The third-order valence-electron chi connectivity index (χ3n) is 1.22. The maximum atomic E-state index is 9.17. The van der Waals surface area contributed by atoms with E-state index in [4.69, 9.17) is 40.2 Å². The number of halogens is 3. The van der Waals surface area contributed by atoms with Gasteiger partial charge in [-0.15, -0.1) is 0 Å². The Bertz CT molecular complexity index is 346. The van der Waals surface area contributed by atoms with Crippen LogP contribution in [0.2, 0.25) is 15.1 Å². The van der Waals surface area contributed by atoms with E-state index in [1.807, 2.05) is 0 Å². The molecule has 1 rings (SSSR count). The summed E-state index contributed by atoms with van der Waals surface area (Å²) < 4.78 is 0. The summed E-state index contributed by atoms with van der Waals surface area (Å²) in [5, 5.41) is 17.6. The highest BCUT2D eigenvalue weighted by atomic mass is 35.5. The van der Waals surface area contributed by atoms with Gasteiger partial charge in [-0.05, 0) is 6.07 Å². The third-order valence-corrected chi connectivity index (χ3v) is 2.29. The molecule has 1 aromatic rings. The maximum absolute atomic E-state index is 9.17. The van der Waals surface area contributed by atoms with E-state index in [1.165, 1.54) is 6.07 Å². The maximum Gasteiger partial charge on any atom is 0.447 e. The van der Waals surface area contributed by atoms with Gasteiger partial charge >= 0.3 is 5.69 Å². The molecule has 0 radical (unpaired) electrons. The normalized spacial score (nSPS) is 9.50. The molecule has 62 valence electrons. The molecule has 0 saturated heterocycles. The van der Waals surface area contributed by atoms with Gasteiger partial charge in [0, 0.05) is 0 Å². The molecule has 0 aliphatic rings. The van der Waals surface area contributed by atoms with E-state index in [0.29, 0.717) is 0 Å². The molecule has 3 nitrogen and oxygen atoms in total. The Morgan fingerprint density at radius 1 is 1.25 bits per heavy atom. The summed E-state index contributed by atoms with van der Waals surface area (Å²) in [6.07, 6.45) is 0. The molecule has 0 bridgehead atoms. The average Bonchev–Trinajstić information content (AvgIpc) is 2.02. The highest BCUT2D eigenvalue weighted by molar-refractivity contribution is 6.45. The van der Waals surface area contributed by atoms with Crippen LogP contribution in [0.25, 0.3) is 4.98 Å². The molecule has 1 aromatic carbocycles. The van der Waals surface area contributed by atoms with Crippen molar-refractivity contribution in [2.24, 2.45) is 0 Å². The summed E-state index contributed by atoms with van der Waals surface area (Å²) in [5.74, 6) is -0.395. The van der Waals surface area contributed by atoms with Crippen molar-refractivity contribution in [2.45, 2.75) is 0 Å². The van der Waals surface area contributed by atoms with Gasteiger partial charge < -0.3 is 5.11 Å². The van der Waals surface area contributed by atoms with E-state index in [9.17, 15) is 5.11 Å². The van der Waals surface area contributed by atoms with Crippen LogP contribution in [0.3, 0.4) is 0 Å². The van der Waals surface area contributed by atoms with Crippen LogP contribution in [0.1, 0.15) is 0 Å². The van der Waals surface area contributed by atoms with Crippen LogP contribution in [0.5, 0.6) is 5.75 Å². The number of phenolic OH excluding ortho intramolecular Hbond substituents is 1. The first-order valence-electron chi connectivity index (χ1n) is 2.79. The van der Waals surface area contributed by atoms with Crippen LogP contribution < -0.4 is 0 Å². The van der Waals surface area contributed by atoms with Gasteiger partial charge in [0.1, 0.15) is 0 Å². The van der Waals surface area contributed by atoms with Crippen molar-refractivity contribution >= 4 is 40.5 Å². The summed E-state index contributed by atoms with van der Waals surface area (Å²) in [6, 6.07) is 1.26. The summed E-state index contributed by atoms with van der Waals surface area (Å²) in [5.41, 5.74) is -0.228. The minimum atomic E-state index is -0.395. The van der Waals surface area contributed by atoms with Crippen molar-refractivity contribution in [2.75, 3.05) is 0 Å².